The lowest BCUT2D eigenvalue weighted by molar-refractivity contribution is 0.0961. The van der Waals surface area contributed by atoms with Gasteiger partial charge in [-0.1, -0.05) is 36.4 Å². The van der Waals surface area contributed by atoms with Crippen molar-refractivity contribution in [3.63, 3.8) is 0 Å². The average Bonchev–Trinajstić information content (AvgIpc) is 2.87. The van der Waals surface area contributed by atoms with Gasteiger partial charge >= 0.3 is 0 Å². The molecule has 4 nitrogen and oxygen atoms in total. The van der Waals surface area contributed by atoms with Crippen LogP contribution in [0.1, 0.15) is 21.5 Å². The second-order valence-electron chi connectivity index (χ2n) is 4.59. The van der Waals surface area contributed by atoms with Gasteiger partial charge in [0, 0.05) is 6.54 Å². The highest BCUT2D eigenvalue weighted by atomic mass is 16.5. The molecule has 1 N–H and O–H groups in total. The van der Waals surface area contributed by atoms with Crippen LogP contribution in [0, 0.1) is 0 Å². The van der Waals surface area contributed by atoms with Crippen LogP contribution in [-0.2, 0) is 13.2 Å². The van der Waals surface area contributed by atoms with Crippen molar-refractivity contribution in [1.82, 2.24) is 5.32 Å². The molecule has 0 fully saturated rings. The molecule has 2 aromatic rings. The van der Waals surface area contributed by atoms with Crippen molar-refractivity contribution in [2.75, 3.05) is 7.11 Å². The number of carbonyl (C=O) groups is 1. The molecule has 2 aromatic carbocycles. The van der Waals surface area contributed by atoms with Crippen LogP contribution >= 0.6 is 0 Å². The molecular formula is C16H15NO3. The van der Waals surface area contributed by atoms with Crippen LogP contribution in [0.15, 0.2) is 42.5 Å². The first-order valence-electron chi connectivity index (χ1n) is 6.44. The Labute approximate surface area is 117 Å². The third-order valence-electron chi connectivity index (χ3n) is 3.32. The molecule has 20 heavy (non-hydrogen) atoms. The molecule has 102 valence electrons. The molecule has 0 bridgehead atoms. The van der Waals surface area contributed by atoms with E-state index in [2.05, 4.69) is 5.32 Å². The molecule has 1 heterocycles. The standard InChI is InChI=1S/C16H15NO3/c1-19-13-8-7-12-9-17-16(18)14(12)15(13)20-10-11-5-3-2-4-6-11/h2-8H,9-10H2,1H3,(H,17,18). The van der Waals surface area contributed by atoms with Gasteiger partial charge in [0.1, 0.15) is 6.61 Å². The van der Waals surface area contributed by atoms with Crippen LogP contribution < -0.4 is 14.8 Å². The van der Waals surface area contributed by atoms with Crippen molar-refractivity contribution in [2.45, 2.75) is 13.2 Å². The van der Waals surface area contributed by atoms with Gasteiger partial charge in [0.25, 0.3) is 5.91 Å². The fourth-order valence-corrected chi connectivity index (χ4v) is 2.30. The van der Waals surface area contributed by atoms with E-state index >= 15 is 0 Å². The zero-order valence-electron chi connectivity index (χ0n) is 11.2. The highest BCUT2D eigenvalue weighted by Crippen LogP contribution is 2.36. The lowest BCUT2D eigenvalue weighted by Crippen LogP contribution is -2.13. The molecule has 0 unspecified atom stereocenters. The van der Waals surface area contributed by atoms with E-state index in [1.54, 1.807) is 7.11 Å². The van der Waals surface area contributed by atoms with Crippen molar-refractivity contribution < 1.29 is 14.3 Å². The number of methoxy groups -OCH3 is 1. The minimum absolute atomic E-state index is 0.109. The van der Waals surface area contributed by atoms with Gasteiger partial charge in [0.2, 0.25) is 0 Å². The molecule has 0 spiro atoms. The first-order chi connectivity index (χ1) is 9.79. The second kappa shape index (κ2) is 5.25. The lowest BCUT2D eigenvalue weighted by Gasteiger charge is -2.13. The molecular weight excluding hydrogens is 254 g/mol. The normalized spacial score (nSPS) is 12.8. The molecule has 0 radical (unpaired) electrons. The Balaban J connectivity index is 1.92. The molecule has 1 amide bonds. The van der Waals surface area contributed by atoms with Crippen molar-refractivity contribution in [2.24, 2.45) is 0 Å². The number of amides is 1. The fourth-order valence-electron chi connectivity index (χ4n) is 2.30. The lowest BCUT2D eigenvalue weighted by atomic mass is 10.1. The Bertz CT molecular complexity index is 638. The zero-order valence-corrected chi connectivity index (χ0v) is 11.2. The van der Waals surface area contributed by atoms with Gasteiger partial charge in [-0.15, -0.1) is 0 Å². The van der Waals surface area contributed by atoms with E-state index in [1.165, 1.54) is 0 Å². The third-order valence-corrected chi connectivity index (χ3v) is 3.32. The fraction of sp³-hybridized carbons (Fsp3) is 0.188. The first kappa shape index (κ1) is 12.5. The van der Waals surface area contributed by atoms with E-state index in [0.29, 0.717) is 30.2 Å². The van der Waals surface area contributed by atoms with Crippen LogP contribution in [0.25, 0.3) is 0 Å². The van der Waals surface area contributed by atoms with Crippen LogP contribution in [0.2, 0.25) is 0 Å². The van der Waals surface area contributed by atoms with E-state index in [9.17, 15) is 4.79 Å². The summed E-state index contributed by atoms with van der Waals surface area (Å²) < 4.78 is 11.1. The molecule has 1 aliphatic rings. The summed E-state index contributed by atoms with van der Waals surface area (Å²) in [6, 6.07) is 13.6. The summed E-state index contributed by atoms with van der Waals surface area (Å²) in [5.74, 6) is 0.988. The van der Waals surface area contributed by atoms with Gasteiger partial charge < -0.3 is 14.8 Å². The second-order valence-corrected chi connectivity index (χ2v) is 4.59. The van der Waals surface area contributed by atoms with E-state index in [4.69, 9.17) is 9.47 Å². The maximum atomic E-state index is 11.9. The molecule has 0 saturated heterocycles. The summed E-state index contributed by atoms with van der Waals surface area (Å²) in [5, 5.41) is 2.80. The number of rotatable bonds is 4. The van der Waals surface area contributed by atoms with Crippen LogP contribution in [0.5, 0.6) is 11.5 Å². The average molecular weight is 269 g/mol. The maximum Gasteiger partial charge on any atom is 0.255 e. The van der Waals surface area contributed by atoms with Crippen molar-refractivity contribution >= 4 is 5.91 Å². The topological polar surface area (TPSA) is 47.6 Å². The predicted molar refractivity (Wildman–Crippen MR) is 74.9 cm³/mol. The molecule has 3 rings (SSSR count). The number of benzene rings is 2. The van der Waals surface area contributed by atoms with E-state index in [-0.39, 0.29) is 5.91 Å². The molecule has 4 heteroatoms. The Morgan fingerprint density at radius 3 is 2.70 bits per heavy atom. The van der Waals surface area contributed by atoms with Gasteiger partial charge in [-0.05, 0) is 17.2 Å². The molecule has 0 aromatic heterocycles. The molecule has 0 atom stereocenters. The Kier molecular flexibility index (Phi) is 3.29. The zero-order chi connectivity index (χ0) is 13.9. The summed E-state index contributed by atoms with van der Waals surface area (Å²) in [5.41, 5.74) is 2.57. The number of nitrogens with one attached hydrogen (secondary N) is 1. The Hall–Kier alpha value is -2.49. The van der Waals surface area contributed by atoms with Gasteiger partial charge in [0.15, 0.2) is 11.5 Å². The van der Waals surface area contributed by atoms with E-state index in [1.807, 2.05) is 42.5 Å². The smallest absolute Gasteiger partial charge is 0.255 e. The number of hydrogen-bond donors (Lipinski definition) is 1. The summed E-state index contributed by atoms with van der Waals surface area (Å²) in [7, 11) is 1.57. The highest BCUT2D eigenvalue weighted by Gasteiger charge is 2.26. The van der Waals surface area contributed by atoms with Crippen LogP contribution in [0.4, 0.5) is 0 Å². The van der Waals surface area contributed by atoms with Gasteiger partial charge in [-0.25, -0.2) is 0 Å². The summed E-state index contributed by atoms with van der Waals surface area (Å²) in [6.45, 7) is 0.945. The molecule has 1 aliphatic heterocycles. The quantitative estimate of drug-likeness (QED) is 0.927. The van der Waals surface area contributed by atoms with Crippen molar-refractivity contribution in [3.8, 4) is 11.5 Å². The highest BCUT2D eigenvalue weighted by molar-refractivity contribution is 6.01. The molecule has 0 saturated carbocycles. The van der Waals surface area contributed by atoms with Gasteiger partial charge in [0.05, 0.1) is 12.7 Å². The van der Waals surface area contributed by atoms with Crippen LogP contribution in [0.3, 0.4) is 0 Å². The monoisotopic (exact) mass is 269 g/mol. The first-order valence-corrected chi connectivity index (χ1v) is 6.44. The largest absolute Gasteiger partial charge is 0.493 e. The van der Waals surface area contributed by atoms with Crippen molar-refractivity contribution in [3.05, 3.63) is 59.2 Å². The number of fused-ring (bicyclic) bond motifs is 1. The number of carbonyl (C=O) groups excluding carboxylic acids is 1. The SMILES string of the molecule is COc1ccc2c(c1OCc1ccccc1)C(=O)NC2. The minimum Gasteiger partial charge on any atom is -0.493 e. The summed E-state index contributed by atoms with van der Waals surface area (Å²) in [6.07, 6.45) is 0. The number of hydrogen-bond acceptors (Lipinski definition) is 3. The van der Waals surface area contributed by atoms with Gasteiger partial charge in [-0.2, -0.15) is 0 Å². The Morgan fingerprint density at radius 2 is 1.95 bits per heavy atom. The van der Waals surface area contributed by atoms with Gasteiger partial charge in [-0.3, -0.25) is 4.79 Å². The number of ether oxygens (including phenoxy) is 2. The maximum absolute atomic E-state index is 11.9. The van der Waals surface area contributed by atoms with E-state index < -0.39 is 0 Å². The van der Waals surface area contributed by atoms with Crippen LogP contribution in [-0.4, -0.2) is 13.0 Å². The minimum atomic E-state index is -0.109. The summed E-state index contributed by atoms with van der Waals surface area (Å²) in [4.78, 5) is 11.9. The Morgan fingerprint density at radius 1 is 1.15 bits per heavy atom. The third kappa shape index (κ3) is 2.20. The van der Waals surface area contributed by atoms with Crippen molar-refractivity contribution in [1.29, 1.82) is 0 Å². The molecule has 0 aliphatic carbocycles. The summed E-state index contributed by atoms with van der Waals surface area (Å²) >= 11 is 0. The predicted octanol–water partition coefficient (Wildman–Crippen LogP) is 2.52. The van der Waals surface area contributed by atoms with E-state index in [0.717, 1.165) is 11.1 Å².